The number of esters is 1. The van der Waals surface area contributed by atoms with Crippen LogP contribution >= 0.6 is 0 Å². The molecule has 1 aromatic carbocycles. The lowest BCUT2D eigenvalue weighted by Gasteiger charge is -2.33. The summed E-state index contributed by atoms with van der Waals surface area (Å²) in [5.41, 5.74) is 0.105. The highest BCUT2D eigenvalue weighted by atomic mass is 19.4. The highest BCUT2D eigenvalue weighted by Gasteiger charge is 2.31. The predicted octanol–water partition coefficient (Wildman–Crippen LogP) is 3.23. The molecule has 0 saturated carbocycles. The number of rotatable bonds is 3. The van der Waals surface area contributed by atoms with Gasteiger partial charge in [-0.25, -0.2) is 0 Å². The molecule has 0 N–H and O–H groups in total. The number of likely N-dealkylation sites (tertiary alicyclic amines) is 1. The van der Waals surface area contributed by atoms with Gasteiger partial charge in [0.2, 0.25) is 0 Å². The first-order valence-corrected chi connectivity index (χ1v) is 6.90. The molecule has 1 aliphatic rings. The maximum atomic E-state index is 12.5. The third-order valence-corrected chi connectivity index (χ3v) is 3.75. The van der Waals surface area contributed by atoms with E-state index in [1.165, 1.54) is 19.2 Å². The quantitative estimate of drug-likeness (QED) is 0.803. The highest BCUT2D eigenvalue weighted by molar-refractivity contribution is 5.75. The van der Waals surface area contributed by atoms with Crippen LogP contribution in [0.5, 0.6) is 0 Å². The van der Waals surface area contributed by atoms with E-state index in [-0.39, 0.29) is 12.0 Å². The third-order valence-electron chi connectivity index (χ3n) is 3.75. The zero-order chi connectivity index (χ0) is 15.5. The van der Waals surface area contributed by atoms with Gasteiger partial charge in [-0.1, -0.05) is 18.6 Å². The number of benzene rings is 1. The molecule has 0 aliphatic carbocycles. The van der Waals surface area contributed by atoms with Gasteiger partial charge in [0.1, 0.15) is 6.04 Å². The lowest BCUT2D eigenvalue weighted by atomic mass is 10.0. The SMILES string of the molecule is COC(=O)C1CCCCN1Cc1ccc(C(F)(F)F)cc1. The molecule has 1 aliphatic heterocycles. The summed E-state index contributed by atoms with van der Waals surface area (Å²) in [5, 5.41) is 0. The number of piperidine rings is 1. The lowest BCUT2D eigenvalue weighted by molar-refractivity contribution is -0.148. The van der Waals surface area contributed by atoms with Crippen molar-refractivity contribution in [3.8, 4) is 0 Å². The highest BCUT2D eigenvalue weighted by Crippen LogP contribution is 2.29. The minimum absolute atomic E-state index is 0.276. The van der Waals surface area contributed by atoms with Gasteiger partial charge in [0.15, 0.2) is 0 Å². The standard InChI is InChI=1S/C15H18F3NO2/c1-21-14(20)13-4-2-3-9-19(13)10-11-5-7-12(8-6-11)15(16,17)18/h5-8,13H,2-4,9-10H2,1H3. The molecule has 3 nitrogen and oxygen atoms in total. The second-order valence-electron chi connectivity index (χ2n) is 5.20. The Labute approximate surface area is 121 Å². The van der Waals surface area contributed by atoms with Crippen molar-refractivity contribution in [3.05, 3.63) is 35.4 Å². The van der Waals surface area contributed by atoms with Crippen LogP contribution in [0.1, 0.15) is 30.4 Å². The molecule has 21 heavy (non-hydrogen) atoms. The van der Waals surface area contributed by atoms with Crippen molar-refractivity contribution in [3.63, 3.8) is 0 Å². The van der Waals surface area contributed by atoms with E-state index in [1.807, 2.05) is 4.90 Å². The first-order chi connectivity index (χ1) is 9.91. The zero-order valence-electron chi connectivity index (χ0n) is 11.8. The summed E-state index contributed by atoms with van der Waals surface area (Å²) in [7, 11) is 1.35. The molecule has 0 spiro atoms. The van der Waals surface area contributed by atoms with Gasteiger partial charge in [0, 0.05) is 6.54 Å². The fourth-order valence-corrected chi connectivity index (χ4v) is 2.62. The predicted molar refractivity (Wildman–Crippen MR) is 71.5 cm³/mol. The van der Waals surface area contributed by atoms with Gasteiger partial charge in [-0.05, 0) is 37.1 Å². The minimum Gasteiger partial charge on any atom is -0.468 e. The Morgan fingerprint density at radius 3 is 2.52 bits per heavy atom. The molecule has 1 fully saturated rings. The number of hydrogen-bond donors (Lipinski definition) is 0. The van der Waals surface area contributed by atoms with E-state index in [0.29, 0.717) is 6.54 Å². The van der Waals surface area contributed by atoms with Crippen LogP contribution in [0.2, 0.25) is 0 Å². The van der Waals surface area contributed by atoms with Crippen LogP contribution in [0, 0.1) is 0 Å². The Morgan fingerprint density at radius 2 is 1.95 bits per heavy atom. The summed E-state index contributed by atoms with van der Waals surface area (Å²) in [5.74, 6) is -0.276. The van der Waals surface area contributed by atoms with Crippen molar-refractivity contribution < 1.29 is 22.7 Å². The summed E-state index contributed by atoms with van der Waals surface area (Å²) in [6, 6.07) is 4.78. The molecule has 1 unspecified atom stereocenters. The first-order valence-electron chi connectivity index (χ1n) is 6.90. The number of ether oxygens (including phenoxy) is 1. The zero-order valence-corrected chi connectivity index (χ0v) is 11.8. The fourth-order valence-electron chi connectivity index (χ4n) is 2.62. The van der Waals surface area contributed by atoms with Gasteiger partial charge in [-0.2, -0.15) is 13.2 Å². The molecule has 1 atom stereocenters. The summed E-state index contributed by atoms with van der Waals surface area (Å²) < 4.78 is 42.4. The van der Waals surface area contributed by atoms with Crippen molar-refractivity contribution in [2.24, 2.45) is 0 Å². The number of halogens is 3. The average molecular weight is 301 g/mol. The van der Waals surface area contributed by atoms with Crippen LogP contribution in [0.15, 0.2) is 24.3 Å². The maximum absolute atomic E-state index is 12.5. The van der Waals surface area contributed by atoms with E-state index in [0.717, 1.165) is 43.5 Å². The van der Waals surface area contributed by atoms with Gasteiger partial charge >= 0.3 is 12.1 Å². The summed E-state index contributed by atoms with van der Waals surface area (Å²) in [4.78, 5) is 13.7. The van der Waals surface area contributed by atoms with Gasteiger partial charge < -0.3 is 4.74 Å². The molecular weight excluding hydrogens is 283 g/mol. The average Bonchev–Trinajstić information content (AvgIpc) is 2.46. The molecule has 1 heterocycles. The van der Waals surface area contributed by atoms with E-state index < -0.39 is 11.7 Å². The van der Waals surface area contributed by atoms with E-state index in [1.54, 1.807) is 0 Å². The van der Waals surface area contributed by atoms with E-state index >= 15 is 0 Å². The van der Waals surface area contributed by atoms with Crippen LogP contribution in [0.4, 0.5) is 13.2 Å². The van der Waals surface area contributed by atoms with Crippen LogP contribution < -0.4 is 0 Å². The molecule has 0 bridgehead atoms. The first kappa shape index (κ1) is 15.8. The Hall–Kier alpha value is -1.56. The van der Waals surface area contributed by atoms with Gasteiger partial charge in [0.25, 0.3) is 0 Å². The number of methoxy groups -OCH3 is 1. The van der Waals surface area contributed by atoms with Crippen LogP contribution in [-0.2, 0) is 22.3 Å². The molecule has 2 rings (SSSR count). The molecule has 0 radical (unpaired) electrons. The second kappa shape index (κ2) is 6.47. The number of carbonyl (C=O) groups is 1. The molecule has 1 aromatic rings. The van der Waals surface area contributed by atoms with Crippen molar-refractivity contribution in [2.75, 3.05) is 13.7 Å². The Bertz CT molecular complexity index is 485. The van der Waals surface area contributed by atoms with E-state index in [4.69, 9.17) is 4.74 Å². The number of nitrogens with zero attached hydrogens (tertiary/aromatic N) is 1. The fraction of sp³-hybridized carbons (Fsp3) is 0.533. The molecule has 6 heteroatoms. The van der Waals surface area contributed by atoms with Gasteiger partial charge in [-0.15, -0.1) is 0 Å². The van der Waals surface area contributed by atoms with Gasteiger partial charge in [-0.3, -0.25) is 9.69 Å². The molecule has 1 saturated heterocycles. The Kier molecular flexibility index (Phi) is 4.88. The topological polar surface area (TPSA) is 29.5 Å². The maximum Gasteiger partial charge on any atom is 0.416 e. The van der Waals surface area contributed by atoms with Crippen molar-refractivity contribution in [1.29, 1.82) is 0 Å². The Balaban J connectivity index is 2.07. The van der Waals surface area contributed by atoms with Crippen LogP contribution in [0.3, 0.4) is 0 Å². The van der Waals surface area contributed by atoms with Gasteiger partial charge in [0.05, 0.1) is 12.7 Å². The van der Waals surface area contributed by atoms with Crippen molar-refractivity contribution >= 4 is 5.97 Å². The van der Waals surface area contributed by atoms with Crippen LogP contribution in [0.25, 0.3) is 0 Å². The third kappa shape index (κ3) is 3.97. The summed E-state index contributed by atoms with van der Waals surface area (Å²) in [6.07, 6.45) is -1.65. The number of hydrogen-bond acceptors (Lipinski definition) is 3. The van der Waals surface area contributed by atoms with Crippen molar-refractivity contribution in [2.45, 2.75) is 38.0 Å². The molecular formula is C15H18F3NO2. The summed E-state index contributed by atoms with van der Waals surface area (Å²) in [6.45, 7) is 1.21. The lowest BCUT2D eigenvalue weighted by Crippen LogP contribution is -2.44. The minimum atomic E-state index is -4.32. The van der Waals surface area contributed by atoms with Crippen molar-refractivity contribution in [1.82, 2.24) is 4.90 Å². The second-order valence-corrected chi connectivity index (χ2v) is 5.20. The molecule has 0 amide bonds. The smallest absolute Gasteiger partial charge is 0.416 e. The largest absolute Gasteiger partial charge is 0.468 e. The normalized spacial score (nSPS) is 20.3. The Morgan fingerprint density at radius 1 is 1.29 bits per heavy atom. The van der Waals surface area contributed by atoms with Crippen LogP contribution in [-0.4, -0.2) is 30.6 Å². The summed E-state index contributed by atoms with van der Waals surface area (Å²) >= 11 is 0. The number of alkyl halides is 3. The molecule has 0 aromatic heterocycles. The van der Waals surface area contributed by atoms with E-state index in [2.05, 4.69) is 0 Å². The molecule has 116 valence electrons. The number of carbonyl (C=O) groups excluding carboxylic acids is 1. The monoisotopic (exact) mass is 301 g/mol. The van der Waals surface area contributed by atoms with E-state index in [9.17, 15) is 18.0 Å².